The molecule has 0 aliphatic rings. The smallest absolute Gasteiger partial charge is 0.200 e. The van der Waals surface area contributed by atoms with Gasteiger partial charge in [0.1, 0.15) is 17.9 Å². The second-order valence-electron chi connectivity index (χ2n) is 5.03. The van der Waals surface area contributed by atoms with Gasteiger partial charge in [-0.2, -0.15) is 0 Å². The van der Waals surface area contributed by atoms with Crippen molar-refractivity contribution in [2.75, 3.05) is 19.7 Å². The van der Waals surface area contributed by atoms with Crippen LogP contribution >= 0.6 is 0 Å². The lowest BCUT2D eigenvalue weighted by molar-refractivity contribution is 0.0913. The van der Waals surface area contributed by atoms with Crippen LogP contribution in [-0.4, -0.2) is 25.5 Å². The minimum atomic E-state index is -0.0635. The number of likely N-dealkylation sites (N-methyl/N-ethyl adjacent to an activating group) is 1. The Morgan fingerprint density at radius 3 is 2.85 bits per heavy atom. The zero-order valence-corrected chi connectivity index (χ0v) is 12.2. The number of ether oxygens (including phenoxy) is 1. The van der Waals surface area contributed by atoms with Crippen LogP contribution in [-0.2, 0) is 0 Å². The van der Waals surface area contributed by atoms with E-state index in [1.54, 1.807) is 6.07 Å². The van der Waals surface area contributed by atoms with Crippen molar-refractivity contribution in [2.45, 2.75) is 20.8 Å². The van der Waals surface area contributed by atoms with Crippen molar-refractivity contribution >= 4 is 16.8 Å². The number of hydrogen-bond acceptors (Lipinski definition) is 4. The van der Waals surface area contributed by atoms with Crippen LogP contribution in [0.5, 0.6) is 5.75 Å². The molecule has 0 aliphatic heterocycles. The van der Waals surface area contributed by atoms with Crippen LogP contribution in [0.25, 0.3) is 11.0 Å². The largest absolute Gasteiger partial charge is 0.492 e. The number of carbonyl (C=O) groups excluding carboxylic acids is 1. The summed E-state index contributed by atoms with van der Waals surface area (Å²) in [6.45, 7) is 8.14. The van der Waals surface area contributed by atoms with Crippen molar-refractivity contribution in [3.05, 3.63) is 30.0 Å². The maximum atomic E-state index is 11.9. The number of ketones is 1. The molecule has 1 N–H and O–H groups in total. The van der Waals surface area contributed by atoms with Crippen molar-refractivity contribution in [3.63, 3.8) is 0 Å². The fourth-order valence-electron chi connectivity index (χ4n) is 1.93. The molecule has 108 valence electrons. The quantitative estimate of drug-likeness (QED) is 0.622. The average molecular weight is 275 g/mol. The maximum absolute atomic E-state index is 11.9. The summed E-state index contributed by atoms with van der Waals surface area (Å²) < 4.78 is 11.2. The Bertz CT molecular complexity index is 586. The molecule has 0 fully saturated rings. The highest BCUT2D eigenvalue weighted by Crippen LogP contribution is 2.25. The summed E-state index contributed by atoms with van der Waals surface area (Å²) in [6.07, 6.45) is 0. The lowest BCUT2D eigenvalue weighted by atomic mass is 10.1. The van der Waals surface area contributed by atoms with Crippen LogP contribution in [0, 0.1) is 5.92 Å². The molecule has 0 saturated carbocycles. The lowest BCUT2D eigenvalue weighted by Crippen LogP contribution is -2.20. The Balaban J connectivity index is 2.11. The summed E-state index contributed by atoms with van der Waals surface area (Å²) in [5.74, 6) is 1.13. The highest BCUT2D eigenvalue weighted by atomic mass is 16.5. The van der Waals surface area contributed by atoms with Crippen LogP contribution in [0.2, 0.25) is 0 Å². The minimum absolute atomic E-state index is 0.0239. The topological polar surface area (TPSA) is 51.5 Å². The van der Waals surface area contributed by atoms with Gasteiger partial charge in [-0.1, -0.05) is 20.8 Å². The predicted molar refractivity (Wildman–Crippen MR) is 79.4 cm³/mol. The van der Waals surface area contributed by atoms with Gasteiger partial charge in [0.05, 0.1) is 0 Å². The first-order valence-electron chi connectivity index (χ1n) is 7.03. The van der Waals surface area contributed by atoms with Gasteiger partial charge in [0, 0.05) is 23.9 Å². The van der Waals surface area contributed by atoms with E-state index in [1.165, 1.54) is 0 Å². The molecule has 4 nitrogen and oxygen atoms in total. The third kappa shape index (κ3) is 3.39. The molecule has 0 amide bonds. The summed E-state index contributed by atoms with van der Waals surface area (Å²) >= 11 is 0. The van der Waals surface area contributed by atoms with Crippen LogP contribution < -0.4 is 10.1 Å². The van der Waals surface area contributed by atoms with Crippen molar-refractivity contribution in [3.8, 4) is 5.75 Å². The van der Waals surface area contributed by atoms with E-state index in [0.29, 0.717) is 18.0 Å². The van der Waals surface area contributed by atoms with Crippen LogP contribution in [0.15, 0.2) is 28.7 Å². The van der Waals surface area contributed by atoms with Crippen molar-refractivity contribution in [1.82, 2.24) is 5.32 Å². The Morgan fingerprint density at radius 1 is 1.35 bits per heavy atom. The SMILES string of the molecule is CCNCCOc1ccc2cc(C(=O)C(C)C)oc2c1. The van der Waals surface area contributed by atoms with Crippen molar-refractivity contribution in [1.29, 1.82) is 0 Å². The first-order valence-corrected chi connectivity index (χ1v) is 7.03. The van der Waals surface area contributed by atoms with Crippen LogP contribution in [0.4, 0.5) is 0 Å². The summed E-state index contributed by atoms with van der Waals surface area (Å²) in [7, 11) is 0. The zero-order chi connectivity index (χ0) is 14.5. The number of hydrogen-bond donors (Lipinski definition) is 1. The van der Waals surface area contributed by atoms with E-state index in [4.69, 9.17) is 9.15 Å². The van der Waals surface area contributed by atoms with E-state index in [1.807, 2.05) is 32.0 Å². The van der Waals surface area contributed by atoms with Crippen LogP contribution in [0.3, 0.4) is 0 Å². The predicted octanol–water partition coefficient (Wildman–Crippen LogP) is 3.26. The fraction of sp³-hybridized carbons (Fsp3) is 0.438. The molecule has 0 radical (unpaired) electrons. The summed E-state index contributed by atoms with van der Waals surface area (Å²) in [6, 6.07) is 7.43. The molecular weight excluding hydrogens is 254 g/mol. The van der Waals surface area contributed by atoms with Gasteiger partial charge in [-0.25, -0.2) is 0 Å². The molecule has 2 aromatic rings. The normalized spacial score (nSPS) is 11.2. The van der Waals surface area contributed by atoms with Crippen LogP contribution in [0.1, 0.15) is 31.3 Å². The van der Waals surface area contributed by atoms with E-state index in [0.717, 1.165) is 24.2 Å². The second kappa shape index (κ2) is 6.57. The third-order valence-corrected chi connectivity index (χ3v) is 3.06. The molecule has 4 heteroatoms. The van der Waals surface area contributed by atoms with E-state index < -0.39 is 0 Å². The molecule has 1 heterocycles. The number of fused-ring (bicyclic) bond motifs is 1. The maximum Gasteiger partial charge on any atom is 0.200 e. The molecule has 20 heavy (non-hydrogen) atoms. The molecule has 0 unspecified atom stereocenters. The molecule has 0 aliphatic carbocycles. The van der Waals surface area contributed by atoms with Gasteiger partial charge in [0.25, 0.3) is 0 Å². The number of furan rings is 1. The molecule has 1 aromatic heterocycles. The van der Waals surface area contributed by atoms with Gasteiger partial charge < -0.3 is 14.5 Å². The number of benzene rings is 1. The molecule has 2 rings (SSSR count). The van der Waals surface area contributed by atoms with Gasteiger partial charge in [0.15, 0.2) is 5.76 Å². The number of Topliss-reactive ketones (excluding diaryl/α,β-unsaturated/α-hetero) is 1. The highest BCUT2D eigenvalue weighted by Gasteiger charge is 2.15. The Labute approximate surface area is 119 Å². The first-order chi connectivity index (χ1) is 9.61. The van der Waals surface area contributed by atoms with E-state index >= 15 is 0 Å². The van der Waals surface area contributed by atoms with Crippen molar-refractivity contribution < 1.29 is 13.9 Å². The van der Waals surface area contributed by atoms with Gasteiger partial charge in [-0.15, -0.1) is 0 Å². The highest BCUT2D eigenvalue weighted by molar-refractivity contribution is 5.98. The van der Waals surface area contributed by atoms with Crippen molar-refractivity contribution in [2.24, 2.45) is 5.92 Å². The summed E-state index contributed by atoms with van der Waals surface area (Å²) in [5.41, 5.74) is 0.690. The summed E-state index contributed by atoms with van der Waals surface area (Å²) in [5, 5.41) is 4.12. The standard InChI is InChI=1S/C16H21NO3/c1-4-17-7-8-19-13-6-5-12-9-15(16(18)11(2)3)20-14(12)10-13/h5-6,9-11,17H,4,7-8H2,1-3H3. The van der Waals surface area contributed by atoms with Gasteiger partial charge in [-0.05, 0) is 24.7 Å². The minimum Gasteiger partial charge on any atom is -0.492 e. The molecule has 0 atom stereocenters. The average Bonchev–Trinajstić information content (AvgIpc) is 2.85. The Hall–Kier alpha value is -1.81. The van der Waals surface area contributed by atoms with E-state index in [-0.39, 0.29) is 11.7 Å². The van der Waals surface area contributed by atoms with Gasteiger partial charge in [0.2, 0.25) is 5.78 Å². The lowest BCUT2D eigenvalue weighted by Gasteiger charge is -2.05. The Morgan fingerprint density at radius 2 is 2.15 bits per heavy atom. The van der Waals surface area contributed by atoms with Gasteiger partial charge >= 0.3 is 0 Å². The number of nitrogens with one attached hydrogen (secondary N) is 1. The molecular formula is C16H21NO3. The van der Waals surface area contributed by atoms with E-state index in [9.17, 15) is 4.79 Å². The number of rotatable bonds is 7. The van der Waals surface area contributed by atoms with E-state index in [2.05, 4.69) is 12.2 Å². The number of carbonyl (C=O) groups is 1. The fourth-order valence-corrected chi connectivity index (χ4v) is 1.93. The Kier molecular flexibility index (Phi) is 4.79. The summed E-state index contributed by atoms with van der Waals surface area (Å²) in [4.78, 5) is 11.9. The molecule has 0 spiro atoms. The molecule has 0 bridgehead atoms. The monoisotopic (exact) mass is 275 g/mol. The molecule has 0 saturated heterocycles. The molecule has 1 aromatic carbocycles. The zero-order valence-electron chi connectivity index (χ0n) is 12.2. The third-order valence-electron chi connectivity index (χ3n) is 3.06. The second-order valence-corrected chi connectivity index (χ2v) is 5.03. The van der Waals surface area contributed by atoms with Gasteiger partial charge in [-0.3, -0.25) is 4.79 Å². The first kappa shape index (κ1) is 14.6.